The Balaban J connectivity index is 1.77. The summed E-state index contributed by atoms with van der Waals surface area (Å²) in [6.07, 6.45) is 1.50. The second-order valence-electron chi connectivity index (χ2n) is 7.12. The van der Waals surface area contributed by atoms with E-state index in [0.717, 1.165) is 11.3 Å². The van der Waals surface area contributed by atoms with Gasteiger partial charge in [0.15, 0.2) is 0 Å². The molecule has 0 spiro atoms. The Morgan fingerprint density at radius 1 is 1.03 bits per heavy atom. The van der Waals surface area contributed by atoms with E-state index in [4.69, 9.17) is 0 Å². The number of rotatable bonds is 4. The number of benzene rings is 1. The van der Waals surface area contributed by atoms with E-state index in [0.29, 0.717) is 38.3 Å². The molecule has 29 heavy (non-hydrogen) atoms. The lowest BCUT2D eigenvalue weighted by Gasteiger charge is -2.34. The summed E-state index contributed by atoms with van der Waals surface area (Å²) in [4.78, 5) is 46.6. The van der Waals surface area contributed by atoms with E-state index in [9.17, 15) is 14.4 Å². The maximum absolute atomic E-state index is 13.1. The molecule has 0 N–H and O–H groups in total. The Labute approximate surface area is 170 Å². The van der Waals surface area contributed by atoms with E-state index < -0.39 is 0 Å². The SMILES string of the molecule is CCN(C(=O)c1ccnc(C(=O)N2CCN(C(C)=O)CC2)c1)c1cccc(C)c1. The minimum absolute atomic E-state index is 0.0126. The van der Waals surface area contributed by atoms with E-state index in [2.05, 4.69) is 4.98 Å². The lowest BCUT2D eigenvalue weighted by Crippen LogP contribution is -2.50. The summed E-state index contributed by atoms with van der Waals surface area (Å²) in [7, 11) is 0. The highest BCUT2D eigenvalue weighted by Gasteiger charge is 2.25. The first-order chi connectivity index (χ1) is 13.9. The topological polar surface area (TPSA) is 73.8 Å². The molecule has 7 nitrogen and oxygen atoms in total. The van der Waals surface area contributed by atoms with Crippen molar-refractivity contribution in [2.45, 2.75) is 20.8 Å². The first kappa shape index (κ1) is 20.5. The third-order valence-corrected chi connectivity index (χ3v) is 5.11. The van der Waals surface area contributed by atoms with Gasteiger partial charge in [-0.3, -0.25) is 19.4 Å². The summed E-state index contributed by atoms with van der Waals surface area (Å²) in [5.74, 6) is -0.379. The molecule has 2 aromatic rings. The van der Waals surface area contributed by atoms with Crippen LogP contribution in [0.15, 0.2) is 42.6 Å². The maximum Gasteiger partial charge on any atom is 0.272 e. The van der Waals surface area contributed by atoms with Gasteiger partial charge in [-0.25, -0.2) is 0 Å². The van der Waals surface area contributed by atoms with Gasteiger partial charge in [0, 0.05) is 57.1 Å². The van der Waals surface area contributed by atoms with Crippen molar-refractivity contribution >= 4 is 23.4 Å². The second kappa shape index (κ2) is 8.86. The molecule has 0 aliphatic carbocycles. The van der Waals surface area contributed by atoms with Gasteiger partial charge in [0.05, 0.1) is 0 Å². The van der Waals surface area contributed by atoms with E-state index in [1.807, 2.05) is 38.1 Å². The van der Waals surface area contributed by atoms with Crippen LogP contribution in [0.5, 0.6) is 0 Å². The Hall–Kier alpha value is -3.22. The number of aryl methyl sites for hydroxylation is 1. The van der Waals surface area contributed by atoms with Crippen molar-refractivity contribution in [3.05, 3.63) is 59.4 Å². The number of hydrogen-bond acceptors (Lipinski definition) is 4. The molecule has 0 bridgehead atoms. The molecule has 152 valence electrons. The minimum Gasteiger partial charge on any atom is -0.339 e. The van der Waals surface area contributed by atoms with Crippen molar-refractivity contribution < 1.29 is 14.4 Å². The van der Waals surface area contributed by atoms with Crippen LogP contribution in [0.1, 0.15) is 40.3 Å². The third-order valence-electron chi connectivity index (χ3n) is 5.11. The smallest absolute Gasteiger partial charge is 0.272 e. The minimum atomic E-state index is -0.221. The predicted molar refractivity (Wildman–Crippen MR) is 111 cm³/mol. The molecular weight excluding hydrogens is 368 g/mol. The standard InChI is InChI=1S/C22H26N4O3/c1-4-26(19-7-5-6-16(2)14-19)21(28)18-8-9-23-20(15-18)22(29)25-12-10-24(11-13-25)17(3)27/h5-9,14-15H,4,10-13H2,1-3H3. The average molecular weight is 394 g/mol. The Morgan fingerprint density at radius 2 is 1.72 bits per heavy atom. The van der Waals surface area contributed by atoms with E-state index >= 15 is 0 Å². The molecule has 3 amide bonds. The fourth-order valence-electron chi connectivity index (χ4n) is 3.46. The lowest BCUT2D eigenvalue weighted by atomic mass is 10.1. The number of piperazine rings is 1. The fraction of sp³-hybridized carbons (Fsp3) is 0.364. The number of carbonyl (C=O) groups is 3. The molecule has 3 rings (SSSR count). The van der Waals surface area contributed by atoms with Crippen molar-refractivity contribution in [1.29, 1.82) is 0 Å². The highest BCUT2D eigenvalue weighted by atomic mass is 16.2. The largest absolute Gasteiger partial charge is 0.339 e. The van der Waals surface area contributed by atoms with E-state index in [-0.39, 0.29) is 23.4 Å². The van der Waals surface area contributed by atoms with Gasteiger partial charge < -0.3 is 14.7 Å². The molecule has 0 atom stereocenters. The number of carbonyl (C=O) groups excluding carboxylic acids is 3. The van der Waals surface area contributed by atoms with Gasteiger partial charge in [-0.2, -0.15) is 0 Å². The molecule has 0 radical (unpaired) electrons. The number of anilines is 1. The molecule has 1 aromatic heterocycles. The zero-order valence-corrected chi connectivity index (χ0v) is 17.1. The van der Waals surface area contributed by atoms with Crippen LogP contribution < -0.4 is 4.90 Å². The molecule has 1 aliphatic rings. The maximum atomic E-state index is 13.1. The third kappa shape index (κ3) is 4.62. The Kier molecular flexibility index (Phi) is 6.26. The molecule has 1 aromatic carbocycles. The molecule has 7 heteroatoms. The fourth-order valence-corrected chi connectivity index (χ4v) is 3.46. The van der Waals surface area contributed by atoms with Gasteiger partial charge in [-0.1, -0.05) is 12.1 Å². The second-order valence-corrected chi connectivity index (χ2v) is 7.12. The van der Waals surface area contributed by atoms with Gasteiger partial charge in [0.2, 0.25) is 5.91 Å². The van der Waals surface area contributed by atoms with Crippen LogP contribution in [0.4, 0.5) is 5.69 Å². The number of aromatic nitrogens is 1. The van der Waals surface area contributed by atoms with Crippen LogP contribution in [0, 0.1) is 6.92 Å². The van der Waals surface area contributed by atoms with Gasteiger partial charge >= 0.3 is 0 Å². The number of amides is 3. The highest BCUT2D eigenvalue weighted by Crippen LogP contribution is 2.19. The quantitative estimate of drug-likeness (QED) is 0.798. The lowest BCUT2D eigenvalue weighted by molar-refractivity contribution is -0.130. The van der Waals surface area contributed by atoms with Crippen LogP contribution in [-0.2, 0) is 4.79 Å². The average Bonchev–Trinajstić information content (AvgIpc) is 2.74. The van der Waals surface area contributed by atoms with Crippen molar-refractivity contribution in [3.8, 4) is 0 Å². The van der Waals surface area contributed by atoms with Crippen molar-refractivity contribution in [2.24, 2.45) is 0 Å². The first-order valence-corrected chi connectivity index (χ1v) is 9.80. The molecule has 0 saturated carbocycles. The van der Waals surface area contributed by atoms with E-state index in [1.165, 1.54) is 13.1 Å². The Morgan fingerprint density at radius 3 is 2.34 bits per heavy atom. The first-order valence-electron chi connectivity index (χ1n) is 9.80. The molecule has 2 heterocycles. The molecular formula is C22H26N4O3. The Bertz CT molecular complexity index is 920. The summed E-state index contributed by atoms with van der Waals surface area (Å²) >= 11 is 0. The summed E-state index contributed by atoms with van der Waals surface area (Å²) in [5, 5.41) is 0. The van der Waals surface area contributed by atoms with Crippen LogP contribution in [0.2, 0.25) is 0 Å². The molecule has 0 unspecified atom stereocenters. The van der Waals surface area contributed by atoms with Gasteiger partial charge in [0.1, 0.15) is 5.69 Å². The van der Waals surface area contributed by atoms with Gasteiger partial charge in [-0.05, 0) is 43.7 Å². The van der Waals surface area contributed by atoms with Gasteiger partial charge in [0.25, 0.3) is 11.8 Å². The summed E-state index contributed by atoms with van der Waals surface area (Å²) < 4.78 is 0. The van der Waals surface area contributed by atoms with Crippen LogP contribution in [0.3, 0.4) is 0 Å². The molecule has 1 saturated heterocycles. The monoisotopic (exact) mass is 394 g/mol. The van der Waals surface area contributed by atoms with Crippen molar-refractivity contribution in [3.63, 3.8) is 0 Å². The van der Waals surface area contributed by atoms with E-state index in [1.54, 1.807) is 26.8 Å². The summed E-state index contributed by atoms with van der Waals surface area (Å²) in [6.45, 7) is 7.89. The summed E-state index contributed by atoms with van der Waals surface area (Å²) in [5.41, 5.74) is 2.56. The zero-order chi connectivity index (χ0) is 21.0. The summed E-state index contributed by atoms with van der Waals surface area (Å²) in [6, 6.07) is 10.9. The number of nitrogens with zero attached hydrogens (tertiary/aromatic N) is 4. The van der Waals surface area contributed by atoms with Crippen LogP contribution in [0.25, 0.3) is 0 Å². The predicted octanol–water partition coefficient (Wildman–Crippen LogP) is 2.36. The highest BCUT2D eigenvalue weighted by molar-refractivity contribution is 6.07. The number of pyridine rings is 1. The van der Waals surface area contributed by atoms with Crippen molar-refractivity contribution in [2.75, 3.05) is 37.6 Å². The normalized spacial score (nSPS) is 13.9. The van der Waals surface area contributed by atoms with Crippen LogP contribution >= 0.6 is 0 Å². The number of hydrogen-bond donors (Lipinski definition) is 0. The van der Waals surface area contributed by atoms with Crippen LogP contribution in [-0.4, -0.2) is 65.2 Å². The van der Waals surface area contributed by atoms with Gasteiger partial charge in [-0.15, -0.1) is 0 Å². The molecule has 1 aliphatic heterocycles. The van der Waals surface area contributed by atoms with Crippen molar-refractivity contribution in [1.82, 2.24) is 14.8 Å². The zero-order valence-electron chi connectivity index (χ0n) is 17.1. The molecule has 1 fully saturated rings.